The van der Waals surface area contributed by atoms with Crippen LogP contribution in [-0.4, -0.2) is 46.9 Å². The molecule has 0 aromatic carbocycles. The average Bonchev–Trinajstić information content (AvgIpc) is 2.25. The Kier molecular flexibility index (Phi) is 3.00. The van der Waals surface area contributed by atoms with Crippen LogP contribution in [0.3, 0.4) is 0 Å². The van der Waals surface area contributed by atoms with Gasteiger partial charge in [0, 0.05) is 19.6 Å². The summed E-state index contributed by atoms with van der Waals surface area (Å²) in [6, 6.07) is 3.38. The van der Waals surface area contributed by atoms with Crippen molar-refractivity contribution in [3.05, 3.63) is 17.8 Å². The second-order valence-electron chi connectivity index (χ2n) is 3.70. The summed E-state index contributed by atoms with van der Waals surface area (Å²) in [4.78, 5) is 13.3. The molecule has 0 aliphatic carbocycles. The summed E-state index contributed by atoms with van der Waals surface area (Å²) >= 11 is 0. The van der Waals surface area contributed by atoms with Gasteiger partial charge in [-0.05, 0) is 19.1 Å². The Morgan fingerprint density at radius 3 is 2.81 bits per heavy atom. The van der Waals surface area contributed by atoms with E-state index in [4.69, 9.17) is 5.11 Å². The van der Waals surface area contributed by atoms with Gasteiger partial charge in [0.2, 0.25) is 0 Å². The zero-order valence-corrected chi connectivity index (χ0v) is 9.05. The van der Waals surface area contributed by atoms with Gasteiger partial charge in [-0.25, -0.2) is 0 Å². The highest BCUT2D eigenvalue weighted by atomic mass is 16.3. The molecule has 1 aromatic heterocycles. The van der Waals surface area contributed by atoms with Gasteiger partial charge in [-0.15, -0.1) is 10.2 Å². The average molecular weight is 222 g/mol. The number of carbonyl (C=O) groups is 1. The van der Waals surface area contributed by atoms with Gasteiger partial charge in [0.15, 0.2) is 11.5 Å². The second-order valence-corrected chi connectivity index (χ2v) is 3.70. The predicted octanol–water partition coefficient (Wildman–Crippen LogP) is -0.593. The van der Waals surface area contributed by atoms with E-state index in [9.17, 15) is 4.79 Å². The van der Waals surface area contributed by atoms with Crippen molar-refractivity contribution in [2.75, 3.05) is 24.5 Å². The summed E-state index contributed by atoms with van der Waals surface area (Å²) < 4.78 is 0. The van der Waals surface area contributed by atoms with Gasteiger partial charge < -0.3 is 15.3 Å². The summed E-state index contributed by atoms with van der Waals surface area (Å²) in [7, 11) is 0. The smallest absolute Gasteiger partial charge is 0.271 e. The Hall–Kier alpha value is -1.69. The van der Waals surface area contributed by atoms with Crippen molar-refractivity contribution in [2.45, 2.75) is 13.0 Å². The molecule has 6 heteroatoms. The van der Waals surface area contributed by atoms with E-state index < -0.39 is 0 Å². The van der Waals surface area contributed by atoms with Crippen LogP contribution in [0.5, 0.6) is 0 Å². The fourth-order valence-electron chi connectivity index (χ4n) is 1.51. The number of hydrogen-bond donors (Lipinski definition) is 2. The number of rotatable bonds is 3. The first-order valence-corrected chi connectivity index (χ1v) is 5.25. The van der Waals surface area contributed by atoms with Crippen LogP contribution in [0.2, 0.25) is 0 Å². The molecule has 1 amide bonds. The first-order chi connectivity index (χ1) is 7.70. The number of anilines is 1. The molecule has 0 bridgehead atoms. The molecule has 1 aliphatic rings. The van der Waals surface area contributed by atoms with Crippen LogP contribution in [0, 0.1) is 0 Å². The molecule has 0 unspecified atom stereocenters. The van der Waals surface area contributed by atoms with Crippen LogP contribution >= 0.6 is 0 Å². The number of carbonyl (C=O) groups excluding carboxylic acids is 1. The van der Waals surface area contributed by atoms with E-state index in [1.165, 1.54) is 0 Å². The Morgan fingerprint density at radius 1 is 1.56 bits per heavy atom. The third kappa shape index (κ3) is 2.11. The fourth-order valence-corrected chi connectivity index (χ4v) is 1.51. The van der Waals surface area contributed by atoms with Crippen LogP contribution in [0.1, 0.15) is 17.4 Å². The molecule has 2 N–H and O–H groups in total. The fraction of sp³-hybridized carbons (Fsp3) is 0.500. The quantitative estimate of drug-likeness (QED) is 0.714. The highest BCUT2D eigenvalue weighted by Crippen LogP contribution is 2.16. The van der Waals surface area contributed by atoms with E-state index in [-0.39, 0.29) is 12.0 Å². The Bertz CT molecular complexity index is 373. The Labute approximate surface area is 93.3 Å². The zero-order chi connectivity index (χ0) is 11.5. The lowest BCUT2D eigenvalue weighted by atomic mass is 10.2. The maximum atomic E-state index is 11.4. The topological polar surface area (TPSA) is 78.4 Å². The lowest BCUT2D eigenvalue weighted by Crippen LogP contribution is -2.51. The van der Waals surface area contributed by atoms with Crippen molar-refractivity contribution in [3.63, 3.8) is 0 Å². The van der Waals surface area contributed by atoms with Crippen molar-refractivity contribution in [3.8, 4) is 0 Å². The number of nitrogens with one attached hydrogen (secondary N) is 1. The van der Waals surface area contributed by atoms with Crippen molar-refractivity contribution in [1.82, 2.24) is 15.5 Å². The zero-order valence-electron chi connectivity index (χ0n) is 9.05. The summed E-state index contributed by atoms with van der Waals surface area (Å²) in [6.07, 6.45) is -0.273. The van der Waals surface area contributed by atoms with Gasteiger partial charge in [0.1, 0.15) is 0 Å². The summed E-state index contributed by atoms with van der Waals surface area (Å²) in [5.74, 6) is 0.476. The third-order valence-corrected chi connectivity index (χ3v) is 2.41. The molecule has 16 heavy (non-hydrogen) atoms. The van der Waals surface area contributed by atoms with Gasteiger partial charge in [-0.1, -0.05) is 0 Å². The van der Waals surface area contributed by atoms with Crippen LogP contribution in [-0.2, 0) is 0 Å². The number of β-amino-alcohol motifs (C(OH)–C–C–N with tert-alkyl or cyclic N) is 1. The van der Waals surface area contributed by atoms with Crippen LogP contribution in [0.4, 0.5) is 5.82 Å². The van der Waals surface area contributed by atoms with Gasteiger partial charge >= 0.3 is 0 Å². The van der Waals surface area contributed by atoms with Gasteiger partial charge in [-0.2, -0.15) is 0 Å². The molecule has 1 fully saturated rings. The van der Waals surface area contributed by atoms with Crippen molar-refractivity contribution < 1.29 is 9.90 Å². The van der Waals surface area contributed by atoms with Crippen molar-refractivity contribution in [1.29, 1.82) is 0 Å². The first kappa shape index (κ1) is 10.8. The number of aromatic nitrogens is 2. The molecule has 0 saturated carbocycles. The first-order valence-electron chi connectivity index (χ1n) is 5.25. The minimum absolute atomic E-state index is 0.217. The van der Waals surface area contributed by atoms with Gasteiger partial charge in [0.05, 0.1) is 6.10 Å². The second kappa shape index (κ2) is 4.44. The van der Waals surface area contributed by atoms with Crippen LogP contribution in [0.25, 0.3) is 0 Å². The molecule has 6 nitrogen and oxygen atoms in total. The molecule has 0 radical (unpaired) electrons. The molecule has 1 saturated heterocycles. The number of nitrogens with zero attached hydrogens (tertiary/aromatic N) is 3. The van der Waals surface area contributed by atoms with Crippen LogP contribution < -0.4 is 10.2 Å². The number of amides is 1. The number of aliphatic hydroxyl groups is 1. The van der Waals surface area contributed by atoms with E-state index in [2.05, 4.69) is 15.5 Å². The molecule has 2 heterocycles. The molecule has 1 aromatic rings. The Balaban J connectivity index is 2.02. The van der Waals surface area contributed by atoms with E-state index in [1.54, 1.807) is 12.1 Å². The normalized spacial score (nSPS) is 15.8. The van der Waals surface area contributed by atoms with Crippen LogP contribution in [0.15, 0.2) is 12.1 Å². The van der Waals surface area contributed by atoms with Crippen molar-refractivity contribution in [2.24, 2.45) is 0 Å². The minimum atomic E-state index is -0.273. The van der Waals surface area contributed by atoms with Gasteiger partial charge in [-0.3, -0.25) is 4.79 Å². The molecular weight excluding hydrogens is 208 g/mol. The molecule has 1 aliphatic heterocycles. The molecule has 0 spiro atoms. The minimum Gasteiger partial charge on any atom is -0.389 e. The van der Waals surface area contributed by atoms with E-state index in [0.717, 1.165) is 0 Å². The van der Waals surface area contributed by atoms with E-state index in [1.807, 2.05) is 11.8 Å². The molecular formula is C10H14N4O2. The third-order valence-electron chi connectivity index (χ3n) is 2.41. The summed E-state index contributed by atoms with van der Waals surface area (Å²) in [5.41, 5.74) is 0.312. The maximum absolute atomic E-state index is 11.4. The Morgan fingerprint density at radius 2 is 2.31 bits per heavy atom. The van der Waals surface area contributed by atoms with E-state index >= 15 is 0 Å². The lowest BCUT2D eigenvalue weighted by Gasteiger charge is -2.36. The van der Waals surface area contributed by atoms with Crippen molar-refractivity contribution >= 4 is 11.7 Å². The molecule has 86 valence electrons. The monoisotopic (exact) mass is 222 g/mol. The van der Waals surface area contributed by atoms with E-state index in [0.29, 0.717) is 31.1 Å². The summed E-state index contributed by atoms with van der Waals surface area (Å²) in [6.45, 7) is 3.58. The number of aliphatic hydroxyl groups excluding tert-OH is 1. The SMILES string of the molecule is CCNC(=O)c1ccc(N2CC(O)C2)nn1. The maximum Gasteiger partial charge on any atom is 0.271 e. The summed E-state index contributed by atoms with van der Waals surface area (Å²) in [5, 5.41) is 19.6. The largest absolute Gasteiger partial charge is 0.389 e. The van der Waals surface area contributed by atoms with Gasteiger partial charge in [0.25, 0.3) is 5.91 Å². The predicted molar refractivity (Wildman–Crippen MR) is 58.3 cm³/mol. The standard InChI is InChI=1S/C10H14N4O2/c1-2-11-10(16)8-3-4-9(13-12-8)14-5-7(15)6-14/h3-4,7,15H,2,5-6H2,1H3,(H,11,16). The molecule has 0 atom stereocenters. The number of hydrogen-bond acceptors (Lipinski definition) is 5. The molecule has 2 rings (SSSR count). The lowest BCUT2D eigenvalue weighted by molar-refractivity contribution is 0.0949. The highest BCUT2D eigenvalue weighted by Gasteiger charge is 2.25. The highest BCUT2D eigenvalue weighted by molar-refractivity contribution is 5.92.